The lowest BCUT2D eigenvalue weighted by Gasteiger charge is -2.29. The Labute approximate surface area is 175 Å². The first-order valence-corrected chi connectivity index (χ1v) is 11.4. The van der Waals surface area contributed by atoms with Crippen LogP contribution in [0.5, 0.6) is 0 Å². The molecule has 7 nitrogen and oxygen atoms in total. The maximum Gasteiger partial charge on any atom is 0.238 e. The molecule has 0 aliphatic carbocycles. The highest BCUT2D eigenvalue weighted by molar-refractivity contribution is 14.1. The van der Waals surface area contributed by atoms with Gasteiger partial charge >= 0.3 is 0 Å². The molecule has 2 aromatic heterocycles. The molecule has 0 saturated carbocycles. The summed E-state index contributed by atoms with van der Waals surface area (Å²) in [6.07, 6.45) is 1.17. The van der Waals surface area contributed by atoms with E-state index in [1.54, 1.807) is 12.1 Å². The molecular weight excluding hydrogens is 500 g/mol. The van der Waals surface area contributed by atoms with Crippen molar-refractivity contribution in [3.63, 3.8) is 0 Å². The average Bonchev–Trinajstić information content (AvgIpc) is 3.30. The molecule has 28 heavy (non-hydrogen) atoms. The van der Waals surface area contributed by atoms with Gasteiger partial charge in [-0.05, 0) is 65.3 Å². The van der Waals surface area contributed by atoms with E-state index in [0.717, 1.165) is 3.77 Å². The Morgan fingerprint density at radius 1 is 1.21 bits per heavy atom. The molecule has 1 aliphatic heterocycles. The summed E-state index contributed by atoms with van der Waals surface area (Å²) in [6, 6.07) is 9.26. The van der Waals surface area contributed by atoms with Crippen molar-refractivity contribution in [3.05, 3.63) is 57.4 Å². The minimum atomic E-state index is -3.51. The van der Waals surface area contributed by atoms with Gasteiger partial charge in [0.25, 0.3) is 0 Å². The highest BCUT2D eigenvalue weighted by atomic mass is 127. The number of aromatic nitrogens is 2. The summed E-state index contributed by atoms with van der Waals surface area (Å²) in [5.41, 5.74) is 0.441. The second kappa shape index (κ2) is 7.91. The van der Waals surface area contributed by atoms with Crippen molar-refractivity contribution in [2.24, 2.45) is 0 Å². The molecule has 0 spiro atoms. The SMILES string of the molecule is O=S(=O)(Cc1cccc(F)c1)N1CCC(c2nc(-c3ccc(I)o3)no2)CC1. The van der Waals surface area contributed by atoms with E-state index in [2.05, 4.69) is 32.7 Å². The van der Waals surface area contributed by atoms with Crippen LogP contribution in [0.2, 0.25) is 0 Å². The molecule has 10 heteroatoms. The predicted molar refractivity (Wildman–Crippen MR) is 107 cm³/mol. The Balaban J connectivity index is 1.40. The van der Waals surface area contributed by atoms with Gasteiger partial charge in [0.15, 0.2) is 9.53 Å². The van der Waals surface area contributed by atoms with Gasteiger partial charge in [-0.25, -0.2) is 17.1 Å². The van der Waals surface area contributed by atoms with E-state index in [-0.39, 0.29) is 11.7 Å². The van der Waals surface area contributed by atoms with E-state index in [4.69, 9.17) is 8.94 Å². The lowest BCUT2D eigenvalue weighted by atomic mass is 9.98. The fourth-order valence-electron chi connectivity index (χ4n) is 3.25. The lowest BCUT2D eigenvalue weighted by Crippen LogP contribution is -2.38. The molecule has 4 rings (SSSR count). The molecule has 0 atom stereocenters. The quantitative estimate of drug-likeness (QED) is 0.479. The summed E-state index contributed by atoms with van der Waals surface area (Å²) in [5, 5.41) is 3.96. The number of sulfonamides is 1. The molecule has 3 aromatic rings. The van der Waals surface area contributed by atoms with Crippen LogP contribution < -0.4 is 0 Å². The van der Waals surface area contributed by atoms with Crippen LogP contribution >= 0.6 is 22.6 Å². The summed E-state index contributed by atoms with van der Waals surface area (Å²) in [6.45, 7) is 0.720. The summed E-state index contributed by atoms with van der Waals surface area (Å²) in [4.78, 5) is 4.40. The molecule has 1 fully saturated rings. The van der Waals surface area contributed by atoms with Crippen molar-refractivity contribution in [2.45, 2.75) is 24.5 Å². The van der Waals surface area contributed by atoms with E-state index in [1.165, 1.54) is 22.5 Å². The minimum absolute atomic E-state index is 0.00379. The Morgan fingerprint density at radius 2 is 2.00 bits per heavy atom. The maximum absolute atomic E-state index is 13.3. The van der Waals surface area contributed by atoms with Crippen LogP contribution in [0, 0.1) is 9.58 Å². The molecule has 1 saturated heterocycles. The Morgan fingerprint density at radius 3 is 2.68 bits per heavy atom. The van der Waals surface area contributed by atoms with E-state index < -0.39 is 15.8 Å². The standard InChI is InChI=1S/C18H17FIN3O4S/c19-14-3-1-2-12(10-14)11-28(24,25)23-8-6-13(7-9-23)18-21-17(22-27-18)15-4-5-16(20)26-15/h1-5,10,13H,6-9,11H2. The zero-order chi connectivity index (χ0) is 19.7. The molecule has 1 aromatic carbocycles. The number of hydrogen-bond donors (Lipinski definition) is 0. The van der Waals surface area contributed by atoms with Crippen LogP contribution in [0.4, 0.5) is 4.39 Å². The third kappa shape index (κ3) is 4.28. The molecular formula is C18H17FIN3O4S. The fourth-order valence-corrected chi connectivity index (χ4v) is 5.21. The van der Waals surface area contributed by atoms with Gasteiger partial charge in [-0.15, -0.1) is 0 Å². The average molecular weight is 517 g/mol. The number of nitrogens with zero attached hydrogens (tertiary/aromatic N) is 3. The van der Waals surface area contributed by atoms with Gasteiger partial charge in [0.05, 0.1) is 5.75 Å². The zero-order valence-electron chi connectivity index (χ0n) is 14.7. The molecule has 3 heterocycles. The number of hydrogen-bond acceptors (Lipinski definition) is 6. The Hall–Kier alpha value is -1.79. The number of rotatable bonds is 5. The van der Waals surface area contributed by atoms with Crippen molar-refractivity contribution in [1.82, 2.24) is 14.4 Å². The topological polar surface area (TPSA) is 89.4 Å². The third-order valence-electron chi connectivity index (χ3n) is 4.67. The monoisotopic (exact) mass is 517 g/mol. The second-order valence-electron chi connectivity index (χ2n) is 6.62. The van der Waals surface area contributed by atoms with Crippen LogP contribution in [-0.4, -0.2) is 36.0 Å². The molecule has 0 N–H and O–H groups in total. The lowest BCUT2D eigenvalue weighted by molar-refractivity contribution is 0.270. The smallest absolute Gasteiger partial charge is 0.238 e. The van der Waals surface area contributed by atoms with Gasteiger partial charge in [-0.2, -0.15) is 4.98 Å². The largest absolute Gasteiger partial charge is 0.447 e. The van der Waals surface area contributed by atoms with E-state index in [0.29, 0.717) is 49.0 Å². The predicted octanol–water partition coefficient (Wildman–Crippen LogP) is 3.78. The van der Waals surface area contributed by atoms with Crippen LogP contribution in [0.25, 0.3) is 11.6 Å². The first kappa shape index (κ1) is 19.5. The van der Waals surface area contributed by atoms with Crippen LogP contribution in [0.3, 0.4) is 0 Å². The molecule has 148 valence electrons. The highest BCUT2D eigenvalue weighted by Gasteiger charge is 2.31. The number of benzene rings is 1. The third-order valence-corrected chi connectivity index (χ3v) is 7.10. The van der Waals surface area contributed by atoms with Gasteiger partial charge < -0.3 is 8.94 Å². The van der Waals surface area contributed by atoms with Gasteiger partial charge in [-0.1, -0.05) is 17.3 Å². The first-order valence-electron chi connectivity index (χ1n) is 8.72. The minimum Gasteiger partial charge on any atom is -0.447 e. The first-order chi connectivity index (χ1) is 13.4. The van der Waals surface area contributed by atoms with Crippen LogP contribution in [0.15, 0.2) is 45.3 Å². The van der Waals surface area contributed by atoms with Gasteiger partial charge in [0.2, 0.25) is 21.7 Å². The summed E-state index contributed by atoms with van der Waals surface area (Å²) < 4.78 is 51.6. The van der Waals surface area contributed by atoms with Crippen molar-refractivity contribution < 1.29 is 21.7 Å². The molecule has 0 bridgehead atoms. The van der Waals surface area contributed by atoms with Crippen molar-refractivity contribution in [3.8, 4) is 11.6 Å². The maximum atomic E-state index is 13.3. The highest BCUT2D eigenvalue weighted by Crippen LogP contribution is 2.30. The molecule has 0 radical (unpaired) electrons. The van der Waals surface area contributed by atoms with Gasteiger partial charge in [-0.3, -0.25) is 0 Å². The van der Waals surface area contributed by atoms with E-state index in [1.807, 2.05) is 6.07 Å². The normalized spacial score (nSPS) is 16.5. The summed E-state index contributed by atoms with van der Waals surface area (Å²) >= 11 is 2.06. The molecule has 1 aliphatic rings. The Bertz CT molecular complexity index is 1070. The van der Waals surface area contributed by atoms with Gasteiger partial charge in [0.1, 0.15) is 5.82 Å². The van der Waals surface area contributed by atoms with Crippen LogP contribution in [-0.2, 0) is 15.8 Å². The molecule has 0 unspecified atom stereocenters. The Kier molecular flexibility index (Phi) is 5.52. The van der Waals surface area contributed by atoms with Crippen molar-refractivity contribution in [2.75, 3.05) is 13.1 Å². The van der Waals surface area contributed by atoms with Crippen molar-refractivity contribution >= 4 is 32.6 Å². The summed E-state index contributed by atoms with van der Waals surface area (Å²) in [7, 11) is -3.51. The van der Waals surface area contributed by atoms with Crippen molar-refractivity contribution in [1.29, 1.82) is 0 Å². The van der Waals surface area contributed by atoms with E-state index in [9.17, 15) is 12.8 Å². The van der Waals surface area contributed by atoms with Gasteiger partial charge in [0, 0.05) is 19.0 Å². The number of halogens is 2. The zero-order valence-corrected chi connectivity index (χ0v) is 17.7. The number of piperidine rings is 1. The number of furan rings is 1. The molecule has 0 amide bonds. The van der Waals surface area contributed by atoms with Crippen LogP contribution in [0.1, 0.15) is 30.2 Å². The second-order valence-corrected chi connectivity index (χ2v) is 9.65. The van der Waals surface area contributed by atoms with E-state index >= 15 is 0 Å². The fraction of sp³-hybridized carbons (Fsp3) is 0.333. The summed E-state index contributed by atoms with van der Waals surface area (Å²) in [5.74, 6) is 0.759.